The Kier molecular flexibility index (Phi) is 18.2. The highest BCUT2D eigenvalue weighted by Crippen LogP contribution is 2.69. The van der Waals surface area contributed by atoms with Crippen molar-refractivity contribution in [3.63, 3.8) is 0 Å². The van der Waals surface area contributed by atoms with Gasteiger partial charge in [0.2, 0.25) is 0 Å². The molecule has 4 aliphatic rings. The molecule has 0 saturated heterocycles. The van der Waals surface area contributed by atoms with E-state index in [0.29, 0.717) is 71.2 Å². The van der Waals surface area contributed by atoms with Gasteiger partial charge in [-0.2, -0.15) is 0 Å². The molecule has 0 aromatic rings. The number of hydrogen-bond acceptors (Lipinski definition) is 11. The average Bonchev–Trinajstić information content (AvgIpc) is 3.52. The lowest BCUT2D eigenvalue weighted by Crippen LogP contribution is -2.63. The fourth-order valence-corrected chi connectivity index (χ4v) is 11.6. The summed E-state index contributed by atoms with van der Waals surface area (Å²) in [5.74, 6) is 0.288. The lowest BCUT2D eigenvalue weighted by molar-refractivity contribution is -0.226. The molecule has 0 aromatic carbocycles. The van der Waals surface area contributed by atoms with Crippen molar-refractivity contribution in [1.82, 2.24) is 0 Å². The van der Waals surface area contributed by atoms with Crippen LogP contribution < -0.4 is 17.2 Å². The summed E-state index contributed by atoms with van der Waals surface area (Å²) in [7, 11) is 0. The smallest absolute Gasteiger partial charge is 0.306 e. The molecule has 0 aromatic heterocycles. The maximum atomic E-state index is 13.5. The molecule has 55 heavy (non-hydrogen) atoms. The Balaban J connectivity index is 1.57. The Morgan fingerprint density at radius 2 is 1.29 bits per heavy atom. The Bertz CT molecular complexity index is 1230. The minimum absolute atomic E-state index is 0.0995. The minimum atomic E-state index is -0.359. The average molecular weight is 776 g/mol. The second kappa shape index (κ2) is 22.1. The van der Waals surface area contributed by atoms with Crippen molar-refractivity contribution in [3.8, 4) is 0 Å². The third kappa shape index (κ3) is 11.7. The number of unbranched alkanes of at least 4 members (excludes halogenated alkanes) is 5. The molecule has 4 rings (SSSR count). The zero-order valence-corrected chi connectivity index (χ0v) is 34.9. The summed E-state index contributed by atoms with van der Waals surface area (Å²) >= 11 is 0. The summed E-state index contributed by atoms with van der Waals surface area (Å²) < 4.78 is 24.7. The molecule has 0 bridgehead atoms. The van der Waals surface area contributed by atoms with Crippen molar-refractivity contribution in [2.45, 2.75) is 181 Å². The molecule has 6 N–H and O–H groups in total. The van der Waals surface area contributed by atoms with E-state index in [-0.39, 0.29) is 101 Å². The Hall–Kier alpha value is -2.24. The van der Waals surface area contributed by atoms with Gasteiger partial charge in [0.25, 0.3) is 0 Å². The van der Waals surface area contributed by atoms with Gasteiger partial charge in [0.1, 0.15) is 18.3 Å². The third-order valence-electron chi connectivity index (χ3n) is 14.6. The molecule has 4 fully saturated rings. The zero-order valence-electron chi connectivity index (χ0n) is 34.9. The van der Waals surface area contributed by atoms with Crippen LogP contribution >= 0.6 is 0 Å². The van der Waals surface area contributed by atoms with Crippen LogP contribution in [0.3, 0.4) is 0 Å². The van der Waals surface area contributed by atoms with E-state index in [9.17, 15) is 19.2 Å². The van der Waals surface area contributed by atoms with Gasteiger partial charge in [-0.3, -0.25) is 19.2 Å². The minimum Gasteiger partial charge on any atom is -0.466 e. The first-order chi connectivity index (χ1) is 26.4. The van der Waals surface area contributed by atoms with Crippen molar-refractivity contribution in [2.24, 2.45) is 63.5 Å². The van der Waals surface area contributed by atoms with Gasteiger partial charge in [-0.05, 0) is 132 Å². The highest BCUT2D eigenvalue weighted by molar-refractivity contribution is 5.70. The predicted octanol–water partition coefficient (Wildman–Crippen LogP) is 7.14. The maximum Gasteiger partial charge on any atom is 0.306 e. The molecule has 0 spiro atoms. The number of nitrogens with two attached hydrogens (primary N) is 3. The predicted molar refractivity (Wildman–Crippen MR) is 213 cm³/mol. The van der Waals surface area contributed by atoms with E-state index < -0.39 is 0 Å². The van der Waals surface area contributed by atoms with E-state index in [1.165, 1.54) is 25.7 Å². The molecule has 316 valence electrons. The van der Waals surface area contributed by atoms with E-state index in [2.05, 4.69) is 27.7 Å². The Morgan fingerprint density at radius 3 is 1.95 bits per heavy atom. The van der Waals surface area contributed by atoms with Crippen molar-refractivity contribution in [3.05, 3.63) is 0 Å². The highest BCUT2D eigenvalue weighted by Gasteiger charge is 2.67. The third-order valence-corrected chi connectivity index (χ3v) is 14.6. The van der Waals surface area contributed by atoms with Crippen LogP contribution in [0.25, 0.3) is 0 Å². The van der Waals surface area contributed by atoms with Gasteiger partial charge in [0, 0.05) is 37.0 Å². The first kappa shape index (κ1) is 45.5. The maximum absolute atomic E-state index is 13.5. The first-order valence-corrected chi connectivity index (χ1v) is 22.3. The van der Waals surface area contributed by atoms with Crippen molar-refractivity contribution < 1.29 is 38.1 Å². The summed E-state index contributed by atoms with van der Waals surface area (Å²) in [6, 6.07) is 0. The molecule has 11 nitrogen and oxygen atoms in total. The lowest BCUT2D eigenvalue weighted by atomic mass is 9.43. The lowest BCUT2D eigenvalue weighted by Gasteiger charge is -2.64. The summed E-state index contributed by atoms with van der Waals surface area (Å²) in [6.07, 6.45) is 15.6. The SMILES string of the molecule is CCCCCCCCOC(=O)CC[C@@H](C)C1CC[C@H]2C3[C@H](OC(=O)CCCN)CC4C[C@H](OC(=O)CCCN)CC[C@]4(C)[C@H]3C[C@H](OC(=O)CCCN)[C@]12C. The topological polar surface area (TPSA) is 183 Å². The summed E-state index contributed by atoms with van der Waals surface area (Å²) in [6.45, 7) is 10.9. The quantitative estimate of drug-likeness (QED) is 0.0545. The molecule has 11 atom stereocenters. The normalized spacial score (nSPS) is 33.1. The second-order valence-electron chi connectivity index (χ2n) is 18.1. The van der Waals surface area contributed by atoms with Crippen LogP contribution in [0.4, 0.5) is 0 Å². The van der Waals surface area contributed by atoms with Gasteiger partial charge >= 0.3 is 23.9 Å². The monoisotopic (exact) mass is 776 g/mol. The van der Waals surface area contributed by atoms with Gasteiger partial charge < -0.3 is 36.1 Å². The van der Waals surface area contributed by atoms with Crippen LogP contribution in [0.15, 0.2) is 0 Å². The number of rotatable bonds is 23. The Morgan fingerprint density at radius 1 is 0.673 bits per heavy atom. The highest BCUT2D eigenvalue weighted by atomic mass is 16.6. The largest absolute Gasteiger partial charge is 0.466 e. The van der Waals surface area contributed by atoms with Crippen LogP contribution in [0.5, 0.6) is 0 Å². The molecule has 0 amide bonds. The fourth-order valence-electron chi connectivity index (χ4n) is 11.6. The van der Waals surface area contributed by atoms with Crippen LogP contribution in [-0.2, 0) is 38.1 Å². The molecular formula is C44H77N3O8. The number of carbonyl (C=O) groups is 4. The zero-order chi connectivity index (χ0) is 40.0. The van der Waals surface area contributed by atoms with Crippen LogP contribution in [0.2, 0.25) is 0 Å². The van der Waals surface area contributed by atoms with Gasteiger partial charge in [-0.25, -0.2) is 0 Å². The number of esters is 4. The van der Waals surface area contributed by atoms with E-state index in [0.717, 1.165) is 51.4 Å². The summed E-state index contributed by atoms with van der Waals surface area (Å²) in [5, 5.41) is 0. The summed E-state index contributed by atoms with van der Waals surface area (Å²) in [5.41, 5.74) is 16.8. The number of carbonyl (C=O) groups excluding carboxylic acids is 4. The number of fused-ring (bicyclic) bond motifs is 5. The second-order valence-corrected chi connectivity index (χ2v) is 18.1. The van der Waals surface area contributed by atoms with Gasteiger partial charge in [-0.1, -0.05) is 59.8 Å². The van der Waals surface area contributed by atoms with E-state index in [1.54, 1.807) is 0 Å². The molecule has 0 heterocycles. The van der Waals surface area contributed by atoms with Crippen LogP contribution in [0, 0.1) is 46.3 Å². The standard InChI is InChI=1S/C44H77N3O8/c1-5-6-7-8-9-10-26-52-38(48)20-17-30(2)33-18-19-34-42-35(29-37(44(33,34)4)55-41(51)16-13-25-47)43(3)22-21-32(53-39(49)14-11-23-45)27-31(43)28-36(42)54-40(50)15-12-24-46/h30-37,42H,5-29,45-47H2,1-4H3/t30-,31?,32-,33?,34+,35+,36-,37+,42?,43+,44-/m1/s1. The molecule has 3 unspecified atom stereocenters. The van der Waals surface area contributed by atoms with Crippen molar-refractivity contribution >= 4 is 23.9 Å². The van der Waals surface area contributed by atoms with E-state index in [1.807, 2.05) is 0 Å². The van der Waals surface area contributed by atoms with Gasteiger partial charge in [-0.15, -0.1) is 0 Å². The van der Waals surface area contributed by atoms with Gasteiger partial charge in [0.05, 0.1) is 6.61 Å². The molecule has 4 saturated carbocycles. The number of ether oxygens (including phenoxy) is 4. The van der Waals surface area contributed by atoms with Gasteiger partial charge in [0.15, 0.2) is 0 Å². The molecule has 4 aliphatic carbocycles. The van der Waals surface area contributed by atoms with Crippen molar-refractivity contribution in [2.75, 3.05) is 26.2 Å². The van der Waals surface area contributed by atoms with Crippen LogP contribution in [0.1, 0.15) is 163 Å². The van der Waals surface area contributed by atoms with Crippen LogP contribution in [-0.4, -0.2) is 68.4 Å². The molecule has 11 heteroatoms. The molecular weight excluding hydrogens is 698 g/mol. The number of hydrogen-bond donors (Lipinski definition) is 3. The van der Waals surface area contributed by atoms with E-state index >= 15 is 0 Å². The fraction of sp³-hybridized carbons (Fsp3) is 0.909. The van der Waals surface area contributed by atoms with E-state index in [4.69, 9.17) is 36.1 Å². The molecule has 0 radical (unpaired) electrons. The first-order valence-electron chi connectivity index (χ1n) is 22.3. The molecule has 0 aliphatic heterocycles. The van der Waals surface area contributed by atoms with Crippen molar-refractivity contribution in [1.29, 1.82) is 0 Å². The summed E-state index contributed by atoms with van der Waals surface area (Å²) in [4.78, 5) is 52.4. The Labute approximate surface area is 332 Å².